The Bertz CT molecular complexity index is 354. The van der Waals surface area contributed by atoms with Crippen LogP contribution in [-0.2, 0) is 11.3 Å². The first-order chi connectivity index (χ1) is 8.22. The summed E-state index contributed by atoms with van der Waals surface area (Å²) in [5.41, 5.74) is 0. The molecule has 0 spiro atoms. The van der Waals surface area contributed by atoms with Crippen LogP contribution in [0.3, 0.4) is 0 Å². The Kier molecular flexibility index (Phi) is 6.02. The lowest BCUT2D eigenvalue weighted by Crippen LogP contribution is -2.40. The average molecular weight is 260 g/mol. The average Bonchev–Trinajstić information content (AvgIpc) is 2.77. The monoisotopic (exact) mass is 259 g/mol. The lowest BCUT2D eigenvalue weighted by atomic mass is 10.4. The maximum absolute atomic E-state index is 11.2. The third kappa shape index (κ3) is 5.86. The second-order valence-corrected chi connectivity index (χ2v) is 3.64. The van der Waals surface area contributed by atoms with Crippen LogP contribution in [0.1, 0.15) is 12.8 Å². The van der Waals surface area contributed by atoms with Crippen molar-refractivity contribution in [2.45, 2.75) is 19.4 Å². The summed E-state index contributed by atoms with van der Waals surface area (Å²) in [6.45, 7) is 1.12. The van der Waals surface area contributed by atoms with Crippen molar-refractivity contribution in [3.05, 3.63) is 12.4 Å². The first kappa shape index (κ1) is 13.4. The van der Waals surface area contributed by atoms with E-state index >= 15 is 0 Å². The predicted molar refractivity (Wildman–Crippen MR) is 61.5 cm³/mol. The van der Waals surface area contributed by atoms with Gasteiger partial charge in [-0.15, -0.1) is 16.7 Å². The number of amides is 3. The van der Waals surface area contributed by atoms with E-state index in [4.69, 9.17) is 11.6 Å². The summed E-state index contributed by atoms with van der Waals surface area (Å²) < 4.78 is 1.66. The number of alkyl halides is 1. The normalized spacial score (nSPS) is 9.94. The molecular weight excluding hydrogens is 246 g/mol. The van der Waals surface area contributed by atoms with Crippen molar-refractivity contribution < 1.29 is 9.59 Å². The van der Waals surface area contributed by atoms with E-state index in [0.29, 0.717) is 19.5 Å². The SMILES string of the molecule is O=C(CCCl)NC(=O)NCCCn1ccnn1. The highest BCUT2D eigenvalue weighted by Gasteiger charge is 2.05. The van der Waals surface area contributed by atoms with Crippen molar-refractivity contribution in [2.75, 3.05) is 12.4 Å². The van der Waals surface area contributed by atoms with Gasteiger partial charge in [-0.2, -0.15) is 0 Å². The highest BCUT2D eigenvalue weighted by Crippen LogP contribution is 1.86. The van der Waals surface area contributed by atoms with Gasteiger partial charge in [0.2, 0.25) is 5.91 Å². The number of nitrogens with one attached hydrogen (secondary N) is 2. The van der Waals surface area contributed by atoms with E-state index in [2.05, 4.69) is 20.9 Å². The standard InChI is InChI=1S/C9H14ClN5O2/c10-3-2-8(16)13-9(17)11-4-1-6-15-7-5-12-14-15/h5,7H,1-4,6H2,(H2,11,13,16,17). The van der Waals surface area contributed by atoms with Gasteiger partial charge in [0.25, 0.3) is 0 Å². The quantitative estimate of drug-likeness (QED) is 0.561. The minimum atomic E-state index is -0.501. The van der Waals surface area contributed by atoms with E-state index in [1.807, 2.05) is 0 Å². The van der Waals surface area contributed by atoms with Gasteiger partial charge < -0.3 is 5.32 Å². The second-order valence-electron chi connectivity index (χ2n) is 3.26. The van der Waals surface area contributed by atoms with Gasteiger partial charge in [-0.25, -0.2) is 4.79 Å². The van der Waals surface area contributed by atoms with E-state index in [1.54, 1.807) is 17.1 Å². The van der Waals surface area contributed by atoms with Crippen LogP contribution in [-0.4, -0.2) is 39.4 Å². The van der Waals surface area contributed by atoms with Crippen LogP contribution in [0.2, 0.25) is 0 Å². The number of imide groups is 1. The molecule has 7 nitrogen and oxygen atoms in total. The van der Waals surface area contributed by atoms with E-state index in [9.17, 15) is 9.59 Å². The topological polar surface area (TPSA) is 88.9 Å². The van der Waals surface area contributed by atoms with E-state index < -0.39 is 6.03 Å². The third-order valence-electron chi connectivity index (χ3n) is 1.90. The van der Waals surface area contributed by atoms with E-state index in [-0.39, 0.29) is 18.2 Å². The van der Waals surface area contributed by atoms with Crippen LogP contribution in [0.15, 0.2) is 12.4 Å². The minimum absolute atomic E-state index is 0.133. The molecule has 1 rings (SSSR count). The minimum Gasteiger partial charge on any atom is -0.338 e. The number of aromatic nitrogens is 3. The van der Waals surface area contributed by atoms with Crippen molar-refractivity contribution in [2.24, 2.45) is 0 Å². The number of halogens is 1. The molecule has 0 aliphatic rings. The third-order valence-corrected chi connectivity index (χ3v) is 2.08. The zero-order chi connectivity index (χ0) is 12.5. The fraction of sp³-hybridized carbons (Fsp3) is 0.556. The van der Waals surface area contributed by atoms with Gasteiger partial charge in [0.15, 0.2) is 0 Å². The molecule has 0 radical (unpaired) electrons. The van der Waals surface area contributed by atoms with Crippen molar-refractivity contribution in [3.63, 3.8) is 0 Å². The zero-order valence-corrected chi connectivity index (χ0v) is 9.98. The highest BCUT2D eigenvalue weighted by molar-refractivity contribution is 6.19. The molecule has 0 atom stereocenters. The molecule has 0 aromatic carbocycles. The highest BCUT2D eigenvalue weighted by atomic mass is 35.5. The number of carbonyl (C=O) groups excluding carboxylic acids is 2. The van der Waals surface area contributed by atoms with Crippen LogP contribution >= 0.6 is 11.6 Å². The van der Waals surface area contributed by atoms with Crippen LogP contribution in [0.25, 0.3) is 0 Å². The van der Waals surface area contributed by atoms with Gasteiger partial charge in [-0.3, -0.25) is 14.8 Å². The Hall–Kier alpha value is -1.63. The molecule has 0 saturated carbocycles. The summed E-state index contributed by atoms with van der Waals surface area (Å²) >= 11 is 5.36. The van der Waals surface area contributed by atoms with Gasteiger partial charge in [-0.1, -0.05) is 5.21 Å². The molecule has 1 aromatic heterocycles. The van der Waals surface area contributed by atoms with Gasteiger partial charge >= 0.3 is 6.03 Å². The molecule has 0 fully saturated rings. The summed E-state index contributed by atoms with van der Waals surface area (Å²) in [5, 5.41) is 12.2. The Morgan fingerprint density at radius 1 is 1.41 bits per heavy atom. The summed E-state index contributed by atoms with van der Waals surface area (Å²) in [7, 11) is 0. The van der Waals surface area contributed by atoms with E-state index in [1.165, 1.54) is 0 Å². The molecule has 1 heterocycles. The first-order valence-corrected chi connectivity index (χ1v) is 5.73. The Morgan fingerprint density at radius 3 is 2.88 bits per heavy atom. The molecule has 0 unspecified atom stereocenters. The van der Waals surface area contributed by atoms with Crippen molar-refractivity contribution >= 4 is 23.5 Å². The second kappa shape index (κ2) is 7.61. The molecule has 8 heteroatoms. The Balaban J connectivity index is 2.06. The fourth-order valence-corrected chi connectivity index (χ4v) is 1.29. The molecule has 17 heavy (non-hydrogen) atoms. The van der Waals surface area contributed by atoms with Gasteiger partial charge in [0, 0.05) is 31.6 Å². The van der Waals surface area contributed by atoms with Crippen LogP contribution in [0.4, 0.5) is 4.79 Å². The number of nitrogens with zero attached hydrogens (tertiary/aromatic N) is 3. The summed E-state index contributed by atoms with van der Waals surface area (Å²) in [4.78, 5) is 22.2. The maximum atomic E-state index is 11.2. The fourth-order valence-electron chi connectivity index (χ4n) is 1.11. The van der Waals surface area contributed by atoms with Gasteiger partial charge in [-0.05, 0) is 6.42 Å². The maximum Gasteiger partial charge on any atom is 0.321 e. The Labute approximate surface area is 104 Å². The Morgan fingerprint density at radius 2 is 2.24 bits per heavy atom. The van der Waals surface area contributed by atoms with Crippen LogP contribution in [0.5, 0.6) is 0 Å². The van der Waals surface area contributed by atoms with Crippen molar-refractivity contribution in [1.82, 2.24) is 25.6 Å². The lowest BCUT2D eigenvalue weighted by Gasteiger charge is -2.05. The predicted octanol–water partition coefficient (Wildman–Crippen LogP) is 0.123. The largest absolute Gasteiger partial charge is 0.338 e. The molecule has 0 aliphatic carbocycles. The summed E-state index contributed by atoms with van der Waals surface area (Å²) in [6, 6.07) is -0.501. The molecular formula is C9H14ClN5O2. The number of aryl methyl sites for hydroxylation is 1. The molecule has 1 aromatic rings. The molecule has 2 N–H and O–H groups in total. The van der Waals surface area contributed by atoms with Gasteiger partial charge in [0.05, 0.1) is 6.20 Å². The lowest BCUT2D eigenvalue weighted by molar-refractivity contribution is -0.119. The number of urea groups is 1. The van der Waals surface area contributed by atoms with Crippen LogP contribution < -0.4 is 10.6 Å². The van der Waals surface area contributed by atoms with E-state index in [0.717, 1.165) is 0 Å². The molecule has 0 bridgehead atoms. The van der Waals surface area contributed by atoms with Crippen molar-refractivity contribution in [1.29, 1.82) is 0 Å². The van der Waals surface area contributed by atoms with Crippen molar-refractivity contribution in [3.8, 4) is 0 Å². The zero-order valence-electron chi connectivity index (χ0n) is 9.23. The summed E-state index contributed by atoms with van der Waals surface area (Å²) in [5.74, 6) is -0.181. The summed E-state index contributed by atoms with van der Waals surface area (Å²) in [6.07, 6.45) is 4.17. The molecule has 0 aliphatic heterocycles. The number of hydrogen-bond donors (Lipinski definition) is 2. The first-order valence-electron chi connectivity index (χ1n) is 5.20. The van der Waals surface area contributed by atoms with Crippen LogP contribution in [0, 0.1) is 0 Å². The molecule has 94 valence electrons. The molecule has 0 saturated heterocycles. The van der Waals surface area contributed by atoms with Gasteiger partial charge in [0.1, 0.15) is 0 Å². The molecule has 3 amide bonds. The smallest absolute Gasteiger partial charge is 0.321 e. The number of rotatable bonds is 6. The number of carbonyl (C=O) groups is 2. The number of hydrogen-bond acceptors (Lipinski definition) is 4.